The van der Waals surface area contributed by atoms with Crippen LogP contribution in [0.1, 0.15) is 16.2 Å². The number of nitrogen functional groups attached to an aromatic ring is 1. The molecule has 0 atom stereocenters. The Hall–Kier alpha value is -3.46. The average molecular weight is 404 g/mol. The fraction of sp³-hybridized carbons (Fsp3) is 0.111. The molecule has 8 nitrogen and oxygen atoms in total. The number of para-hydroxylation sites is 2. The second-order valence-corrected chi connectivity index (χ2v) is 5.90. The third kappa shape index (κ3) is 4.63. The van der Waals surface area contributed by atoms with Crippen molar-refractivity contribution in [3.8, 4) is 5.75 Å². The van der Waals surface area contributed by atoms with Crippen molar-refractivity contribution in [2.24, 2.45) is 0 Å². The van der Waals surface area contributed by atoms with E-state index in [0.717, 1.165) is 6.07 Å². The molecule has 2 aromatic carbocycles. The summed E-state index contributed by atoms with van der Waals surface area (Å²) in [6.45, 7) is -0.335. The Kier molecular flexibility index (Phi) is 5.85. The lowest BCUT2D eigenvalue weighted by Gasteiger charge is -2.11. The largest absolute Gasteiger partial charge is 0.495 e. The van der Waals surface area contributed by atoms with Crippen LogP contribution in [0.5, 0.6) is 5.75 Å². The van der Waals surface area contributed by atoms with Gasteiger partial charge in [-0.05, 0) is 30.3 Å². The molecule has 0 saturated carbocycles. The van der Waals surface area contributed by atoms with Gasteiger partial charge in [0.2, 0.25) is 11.9 Å². The van der Waals surface area contributed by atoms with Crippen LogP contribution in [0.25, 0.3) is 0 Å². The minimum absolute atomic E-state index is 0.0765. The maximum Gasteiger partial charge on any atom is 0.341 e. The molecule has 28 heavy (non-hydrogen) atoms. The molecule has 0 aliphatic carbocycles. The lowest BCUT2D eigenvalue weighted by Crippen LogP contribution is -2.12. The van der Waals surface area contributed by atoms with E-state index in [4.69, 9.17) is 26.8 Å². The van der Waals surface area contributed by atoms with Crippen LogP contribution < -0.4 is 15.8 Å². The molecule has 1 aromatic heterocycles. The van der Waals surface area contributed by atoms with Gasteiger partial charge in [0.1, 0.15) is 11.6 Å². The number of esters is 1. The van der Waals surface area contributed by atoms with E-state index >= 15 is 0 Å². The zero-order valence-corrected chi connectivity index (χ0v) is 15.4. The van der Waals surface area contributed by atoms with Crippen LogP contribution in [0, 0.1) is 5.82 Å². The molecule has 0 unspecified atom stereocenters. The number of nitrogens with two attached hydrogens (primary N) is 1. The summed E-state index contributed by atoms with van der Waals surface area (Å²) in [6, 6.07) is 10.7. The number of methoxy groups -OCH3 is 1. The van der Waals surface area contributed by atoms with Crippen LogP contribution in [0.4, 0.5) is 22.0 Å². The van der Waals surface area contributed by atoms with Gasteiger partial charge in [0, 0.05) is 5.02 Å². The smallest absolute Gasteiger partial charge is 0.341 e. The maximum absolute atomic E-state index is 13.7. The summed E-state index contributed by atoms with van der Waals surface area (Å²) in [4.78, 5) is 24.1. The van der Waals surface area contributed by atoms with Crippen LogP contribution in [0.15, 0.2) is 42.5 Å². The highest BCUT2D eigenvalue weighted by molar-refractivity contribution is 6.30. The molecular weight excluding hydrogens is 389 g/mol. The monoisotopic (exact) mass is 403 g/mol. The Labute approximate surface area is 164 Å². The Morgan fingerprint density at radius 1 is 1.21 bits per heavy atom. The molecule has 144 valence electrons. The van der Waals surface area contributed by atoms with Gasteiger partial charge >= 0.3 is 5.97 Å². The van der Waals surface area contributed by atoms with Gasteiger partial charge in [-0.15, -0.1) is 0 Å². The minimum Gasteiger partial charge on any atom is -0.495 e. The fourth-order valence-electron chi connectivity index (χ4n) is 2.29. The summed E-state index contributed by atoms with van der Waals surface area (Å²) in [7, 11) is 1.53. The SMILES string of the molecule is COc1ccccc1Nc1nc(N)nc(COC(=O)c2cc(Cl)ccc2F)n1. The molecule has 3 N–H and O–H groups in total. The zero-order chi connectivity index (χ0) is 20.1. The number of halogens is 2. The molecule has 10 heteroatoms. The number of rotatable bonds is 6. The highest BCUT2D eigenvalue weighted by Gasteiger charge is 2.15. The van der Waals surface area contributed by atoms with Crippen LogP contribution in [0.3, 0.4) is 0 Å². The summed E-state index contributed by atoms with van der Waals surface area (Å²) in [5.74, 6) is -0.933. The highest BCUT2D eigenvalue weighted by atomic mass is 35.5. The number of hydrogen-bond donors (Lipinski definition) is 2. The van der Waals surface area contributed by atoms with Gasteiger partial charge in [0.25, 0.3) is 0 Å². The number of nitrogens with one attached hydrogen (secondary N) is 1. The van der Waals surface area contributed by atoms with Crippen molar-refractivity contribution in [2.45, 2.75) is 6.61 Å². The quantitative estimate of drug-likeness (QED) is 0.602. The summed E-state index contributed by atoms with van der Waals surface area (Å²) in [5, 5.41) is 3.16. The number of nitrogens with zero attached hydrogens (tertiary/aromatic N) is 3. The second-order valence-electron chi connectivity index (χ2n) is 5.46. The first-order valence-electron chi connectivity index (χ1n) is 7.99. The molecule has 1 heterocycles. The molecule has 0 aliphatic heterocycles. The summed E-state index contributed by atoms with van der Waals surface area (Å²) in [5.41, 5.74) is 6.01. The van der Waals surface area contributed by atoms with Crippen molar-refractivity contribution >= 4 is 35.2 Å². The van der Waals surface area contributed by atoms with Crippen LogP contribution in [-0.4, -0.2) is 28.0 Å². The molecular formula is C18H15ClFN5O3. The normalized spacial score (nSPS) is 10.4. The molecule has 0 amide bonds. The second kappa shape index (κ2) is 8.49. The van der Waals surface area contributed by atoms with Crippen molar-refractivity contribution in [1.82, 2.24) is 15.0 Å². The number of anilines is 3. The first-order chi connectivity index (χ1) is 13.5. The molecule has 3 rings (SSSR count). The van der Waals surface area contributed by atoms with Gasteiger partial charge in [-0.2, -0.15) is 15.0 Å². The summed E-state index contributed by atoms with van der Waals surface area (Å²) in [6.07, 6.45) is 0. The lowest BCUT2D eigenvalue weighted by atomic mass is 10.2. The first-order valence-corrected chi connectivity index (χ1v) is 8.36. The molecule has 0 aliphatic rings. The van der Waals surface area contributed by atoms with E-state index < -0.39 is 11.8 Å². The van der Waals surface area contributed by atoms with Crippen molar-refractivity contribution in [2.75, 3.05) is 18.2 Å². The molecule has 0 saturated heterocycles. The van der Waals surface area contributed by atoms with E-state index in [9.17, 15) is 9.18 Å². The molecule has 0 fully saturated rings. The predicted molar refractivity (Wildman–Crippen MR) is 101 cm³/mol. The molecule has 3 aromatic rings. The lowest BCUT2D eigenvalue weighted by molar-refractivity contribution is 0.0457. The van der Waals surface area contributed by atoms with E-state index in [1.165, 1.54) is 19.2 Å². The summed E-state index contributed by atoms with van der Waals surface area (Å²) >= 11 is 5.78. The maximum atomic E-state index is 13.7. The number of carbonyl (C=O) groups excluding carboxylic acids is 1. The Bertz CT molecular complexity index is 1020. The van der Waals surface area contributed by atoms with Crippen LogP contribution in [-0.2, 0) is 11.3 Å². The predicted octanol–water partition coefficient (Wildman–Crippen LogP) is 3.36. The van der Waals surface area contributed by atoms with E-state index in [1.807, 2.05) is 6.07 Å². The van der Waals surface area contributed by atoms with Crippen molar-refractivity contribution in [3.63, 3.8) is 0 Å². The van der Waals surface area contributed by atoms with Crippen molar-refractivity contribution < 1.29 is 18.7 Å². The van der Waals surface area contributed by atoms with Crippen molar-refractivity contribution in [1.29, 1.82) is 0 Å². The zero-order valence-electron chi connectivity index (χ0n) is 14.6. The highest BCUT2D eigenvalue weighted by Crippen LogP contribution is 2.25. The van der Waals surface area contributed by atoms with E-state index in [0.29, 0.717) is 11.4 Å². The summed E-state index contributed by atoms with van der Waals surface area (Å²) < 4.78 is 24.0. The topological polar surface area (TPSA) is 112 Å². The van der Waals surface area contributed by atoms with Gasteiger partial charge in [0.15, 0.2) is 12.4 Å². The van der Waals surface area contributed by atoms with Gasteiger partial charge in [-0.25, -0.2) is 9.18 Å². The van der Waals surface area contributed by atoms with Gasteiger partial charge in [0.05, 0.1) is 18.4 Å². The number of hydrogen-bond acceptors (Lipinski definition) is 8. The third-order valence-corrected chi connectivity index (χ3v) is 3.77. The Morgan fingerprint density at radius 3 is 2.79 bits per heavy atom. The van der Waals surface area contributed by atoms with E-state index in [1.54, 1.807) is 18.2 Å². The Morgan fingerprint density at radius 2 is 2.00 bits per heavy atom. The Balaban J connectivity index is 1.74. The standard InChI is InChI=1S/C18H15ClFN5O3/c1-27-14-5-3-2-4-13(14)22-18-24-15(23-17(21)25-18)9-28-16(26)11-8-10(19)6-7-12(11)20/h2-8H,9H2,1H3,(H3,21,22,23,24,25). The van der Waals surface area contributed by atoms with Crippen molar-refractivity contribution in [3.05, 3.63) is 64.7 Å². The van der Waals surface area contributed by atoms with E-state index in [-0.39, 0.29) is 34.9 Å². The number of benzene rings is 2. The third-order valence-electron chi connectivity index (χ3n) is 3.53. The number of carbonyl (C=O) groups is 1. The number of ether oxygens (including phenoxy) is 2. The minimum atomic E-state index is -0.904. The average Bonchev–Trinajstić information content (AvgIpc) is 2.68. The van der Waals surface area contributed by atoms with Gasteiger partial charge < -0.3 is 20.5 Å². The molecule has 0 radical (unpaired) electrons. The van der Waals surface area contributed by atoms with Crippen LogP contribution in [0.2, 0.25) is 5.02 Å². The molecule has 0 spiro atoms. The van der Waals surface area contributed by atoms with Gasteiger partial charge in [-0.1, -0.05) is 23.7 Å². The molecule has 0 bridgehead atoms. The first kappa shape index (κ1) is 19.3. The number of aromatic nitrogens is 3. The van der Waals surface area contributed by atoms with Crippen LogP contribution >= 0.6 is 11.6 Å². The van der Waals surface area contributed by atoms with Gasteiger partial charge in [-0.3, -0.25) is 0 Å². The fourth-order valence-corrected chi connectivity index (χ4v) is 2.46. The van der Waals surface area contributed by atoms with E-state index in [2.05, 4.69) is 20.3 Å².